The van der Waals surface area contributed by atoms with E-state index >= 15 is 0 Å². The summed E-state index contributed by atoms with van der Waals surface area (Å²) in [7, 11) is 2.16. The summed E-state index contributed by atoms with van der Waals surface area (Å²) in [5, 5.41) is 4.09. The standard InChI is InChI=1S/C12H18ClN3/c1-16-5-4-9(8-16)7-15-12-3-2-10(14)6-11(12)13/h2-3,6,9,15H,4-5,7-8,14H2,1H3. The van der Waals surface area contributed by atoms with Gasteiger partial charge in [0.15, 0.2) is 0 Å². The molecule has 3 N–H and O–H groups in total. The zero-order valence-corrected chi connectivity index (χ0v) is 10.3. The van der Waals surface area contributed by atoms with Crippen LogP contribution in [0.4, 0.5) is 11.4 Å². The number of benzene rings is 1. The number of rotatable bonds is 3. The third kappa shape index (κ3) is 2.80. The lowest BCUT2D eigenvalue weighted by Crippen LogP contribution is -2.19. The Bertz CT molecular complexity index is 367. The predicted molar refractivity (Wildman–Crippen MR) is 70.0 cm³/mol. The average molecular weight is 240 g/mol. The second kappa shape index (κ2) is 4.93. The minimum absolute atomic E-state index is 0.700. The molecule has 1 heterocycles. The van der Waals surface area contributed by atoms with Crippen LogP contribution in [-0.2, 0) is 0 Å². The van der Waals surface area contributed by atoms with Gasteiger partial charge in [0, 0.05) is 18.8 Å². The van der Waals surface area contributed by atoms with Crippen LogP contribution in [0.2, 0.25) is 5.02 Å². The quantitative estimate of drug-likeness (QED) is 0.796. The summed E-state index contributed by atoms with van der Waals surface area (Å²) in [4.78, 5) is 2.36. The SMILES string of the molecule is CN1CCC(CNc2ccc(N)cc2Cl)C1. The van der Waals surface area contributed by atoms with Crippen LogP contribution in [0, 0.1) is 5.92 Å². The van der Waals surface area contributed by atoms with Gasteiger partial charge in [-0.25, -0.2) is 0 Å². The van der Waals surface area contributed by atoms with E-state index in [-0.39, 0.29) is 0 Å². The van der Waals surface area contributed by atoms with Gasteiger partial charge in [-0.2, -0.15) is 0 Å². The molecule has 0 amide bonds. The number of nitrogens with one attached hydrogen (secondary N) is 1. The van der Waals surface area contributed by atoms with Gasteiger partial charge in [0.05, 0.1) is 10.7 Å². The lowest BCUT2D eigenvalue weighted by Gasteiger charge is -2.13. The molecule has 0 saturated carbocycles. The maximum atomic E-state index is 6.09. The fraction of sp³-hybridized carbons (Fsp3) is 0.500. The Labute approximate surface area is 102 Å². The van der Waals surface area contributed by atoms with Gasteiger partial charge in [-0.3, -0.25) is 0 Å². The van der Waals surface area contributed by atoms with E-state index in [0.717, 1.165) is 18.2 Å². The van der Waals surface area contributed by atoms with Crippen LogP contribution >= 0.6 is 11.6 Å². The van der Waals surface area contributed by atoms with Gasteiger partial charge in [-0.1, -0.05) is 11.6 Å². The molecule has 1 aliphatic heterocycles. The monoisotopic (exact) mass is 239 g/mol. The number of likely N-dealkylation sites (tertiary alicyclic amines) is 1. The van der Waals surface area contributed by atoms with Gasteiger partial charge < -0.3 is 16.0 Å². The molecule has 1 unspecified atom stereocenters. The van der Waals surface area contributed by atoms with Crippen LogP contribution in [0.15, 0.2) is 18.2 Å². The van der Waals surface area contributed by atoms with Crippen LogP contribution in [0.25, 0.3) is 0 Å². The fourth-order valence-corrected chi connectivity index (χ4v) is 2.38. The van der Waals surface area contributed by atoms with E-state index in [4.69, 9.17) is 17.3 Å². The summed E-state index contributed by atoms with van der Waals surface area (Å²) < 4.78 is 0. The first-order valence-electron chi connectivity index (χ1n) is 5.62. The van der Waals surface area contributed by atoms with Gasteiger partial charge >= 0.3 is 0 Å². The van der Waals surface area contributed by atoms with Crippen molar-refractivity contribution in [2.24, 2.45) is 5.92 Å². The Kier molecular flexibility index (Phi) is 3.56. The molecule has 1 aliphatic rings. The van der Waals surface area contributed by atoms with Gasteiger partial charge in [-0.15, -0.1) is 0 Å². The van der Waals surface area contributed by atoms with Gasteiger partial charge in [0.1, 0.15) is 0 Å². The molecule has 0 radical (unpaired) electrons. The van der Waals surface area contributed by atoms with E-state index in [1.54, 1.807) is 6.07 Å². The van der Waals surface area contributed by atoms with Crippen LogP contribution in [0.1, 0.15) is 6.42 Å². The average Bonchev–Trinajstić information content (AvgIpc) is 2.63. The smallest absolute Gasteiger partial charge is 0.0657 e. The Morgan fingerprint density at radius 2 is 2.38 bits per heavy atom. The van der Waals surface area contributed by atoms with Crippen molar-refractivity contribution in [3.63, 3.8) is 0 Å². The maximum Gasteiger partial charge on any atom is 0.0657 e. The van der Waals surface area contributed by atoms with E-state index in [2.05, 4.69) is 17.3 Å². The van der Waals surface area contributed by atoms with Crippen molar-refractivity contribution >= 4 is 23.0 Å². The van der Waals surface area contributed by atoms with Crippen molar-refractivity contribution in [1.82, 2.24) is 4.90 Å². The molecule has 0 aromatic heterocycles. The molecule has 2 rings (SSSR count). The van der Waals surface area contributed by atoms with Crippen molar-refractivity contribution in [1.29, 1.82) is 0 Å². The number of anilines is 2. The topological polar surface area (TPSA) is 41.3 Å². The number of hydrogen-bond donors (Lipinski definition) is 2. The second-order valence-electron chi connectivity index (χ2n) is 4.54. The highest BCUT2D eigenvalue weighted by Gasteiger charge is 2.19. The summed E-state index contributed by atoms with van der Waals surface area (Å²) in [6.45, 7) is 3.34. The van der Waals surface area contributed by atoms with Crippen molar-refractivity contribution in [2.45, 2.75) is 6.42 Å². The number of nitrogen functional groups attached to an aromatic ring is 1. The molecule has 0 aliphatic carbocycles. The maximum absolute atomic E-state index is 6.09. The Morgan fingerprint density at radius 3 is 3.00 bits per heavy atom. The highest BCUT2D eigenvalue weighted by Crippen LogP contribution is 2.25. The zero-order valence-electron chi connectivity index (χ0n) is 9.54. The third-order valence-corrected chi connectivity index (χ3v) is 3.38. The summed E-state index contributed by atoms with van der Waals surface area (Å²) >= 11 is 6.09. The summed E-state index contributed by atoms with van der Waals surface area (Å²) in [6.07, 6.45) is 1.26. The van der Waals surface area contributed by atoms with Gasteiger partial charge in [-0.05, 0) is 44.1 Å². The largest absolute Gasteiger partial charge is 0.399 e. The third-order valence-electron chi connectivity index (χ3n) is 3.06. The molecule has 0 spiro atoms. The zero-order chi connectivity index (χ0) is 11.5. The molecule has 88 valence electrons. The van der Waals surface area contributed by atoms with Crippen LogP contribution in [-0.4, -0.2) is 31.6 Å². The highest BCUT2D eigenvalue weighted by atomic mass is 35.5. The Morgan fingerprint density at radius 1 is 1.56 bits per heavy atom. The van der Waals surface area contributed by atoms with E-state index in [1.165, 1.54) is 19.5 Å². The minimum atomic E-state index is 0.700. The van der Waals surface area contributed by atoms with Crippen LogP contribution < -0.4 is 11.1 Å². The summed E-state index contributed by atoms with van der Waals surface area (Å²) in [5.41, 5.74) is 7.33. The Balaban J connectivity index is 1.89. The van der Waals surface area contributed by atoms with Crippen LogP contribution in [0.3, 0.4) is 0 Å². The molecule has 1 aromatic carbocycles. The molecular weight excluding hydrogens is 222 g/mol. The number of hydrogen-bond acceptors (Lipinski definition) is 3. The fourth-order valence-electron chi connectivity index (χ4n) is 2.12. The molecule has 0 bridgehead atoms. The molecular formula is C12H18ClN3. The lowest BCUT2D eigenvalue weighted by molar-refractivity contribution is 0.399. The first kappa shape index (κ1) is 11.6. The highest BCUT2D eigenvalue weighted by molar-refractivity contribution is 6.33. The minimum Gasteiger partial charge on any atom is -0.399 e. The van der Waals surface area contributed by atoms with Crippen molar-refractivity contribution < 1.29 is 0 Å². The summed E-state index contributed by atoms with van der Waals surface area (Å²) in [5.74, 6) is 0.721. The number of nitrogens with zero attached hydrogens (tertiary/aromatic N) is 1. The molecule has 16 heavy (non-hydrogen) atoms. The van der Waals surface area contributed by atoms with Gasteiger partial charge in [0.2, 0.25) is 0 Å². The molecule has 1 atom stereocenters. The number of nitrogens with two attached hydrogens (primary N) is 1. The first-order chi connectivity index (χ1) is 7.65. The number of halogens is 1. The summed E-state index contributed by atoms with van der Waals surface area (Å²) in [6, 6.07) is 5.59. The molecule has 3 nitrogen and oxygen atoms in total. The molecule has 1 fully saturated rings. The van der Waals surface area contributed by atoms with Crippen molar-refractivity contribution in [2.75, 3.05) is 37.7 Å². The van der Waals surface area contributed by atoms with E-state index in [1.807, 2.05) is 12.1 Å². The van der Waals surface area contributed by atoms with Crippen molar-refractivity contribution in [3.8, 4) is 0 Å². The van der Waals surface area contributed by atoms with E-state index in [0.29, 0.717) is 10.7 Å². The first-order valence-corrected chi connectivity index (χ1v) is 6.00. The molecule has 1 saturated heterocycles. The van der Waals surface area contributed by atoms with E-state index < -0.39 is 0 Å². The predicted octanol–water partition coefficient (Wildman–Crippen LogP) is 2.29. The van der Waals surface area contributed by atoms with Crippen molar-refractivity contribution in [3.05, 3.63) is 23.2 Å². The molecule has 4 heteroatoms. The van der Waals surface area contributed by atoms with Crippen LogP contribution in [0.5, 0.6) is 0 Å². The normalized spacial score (nSPS) is 21.2. The Hall–Kier alpha value is -0.930. The van der Waals surface area contributed by atoms with Gasteiger partial charge in [0.25, 0.3) is 0 Å². The second-order valence-corrected chi connectivity index (χ2v) is 4.94. The molecule has 1 aromatic rings. The van der Waals surface area contributed by atoms with E-state index in [9.17, 15) is 0 Å². The lowest BCUT2D eigenvalue weighted by atomic mass is 10.1.